The van der Waals surface area contributed by atoms with Crippen LogP contribution in [0.3, 0.4) is 0 Å². The van der Waals surface area contributed by atoms with Crippen molar-refractivity contribution in [2.45, 2.75) is 18.9 Å². The summed E-state index contributed by atoms with van der Waals surface area (Å²) in [4.78, 5) is 4.23. The molecule has 0 amide bonds. The molecule has 1 aromatic heterocycles. The molecule has 14 heavy (non-hydrogen) atoms. The number of hydrogen-bond donors (Lipinski definition) is 1. The number of nitrogens with zero attached hydrogens (tertiary/aromatic N) is 1. The third-order valence-electron chi connectivity index (χ3n) is 2.53. The van der Waals surface area contributed by atoms with Crippen molar-refractivity contribution < 1.29 is 4.74 Å². The fraction of sp³-hybridized carbons (Fsp3) is 0.500. The van der Waals surface area contributed by atoms with Crippen molar-refractivity contribution in [3.05, 3.63) is 22.4 Å². The molecule has 3 nitrogen and oxygen atoms in total. The van der Waals surface area contributed by atoms with E-state index in [0.717, 1.165) is 28.9 Å². The Morgan fingerprint density at radius 1 is 1.64 bits per heavy atom. The van der Waals surface area contributed by atoms with E-state index in [1.807, 2.05) is 6.07 Å². The van der Waals surface area contributed by atoms with E-state index in [1.165, 1.54) is 6.42 Å². The summed E-state index contributed by atoms with van der Waals surface area (Å²) in [6.45, 7) is 1.08. The summed E-state index contributed by atoms with van der Waals surface area (Å²) in [5, 5.41) is 3.44. The average molecular weight is 257 g/mol. The monoisotopic (exact) mass is 256 g/mol. The molecule has 2 heterocycles. The molecule has 0 aromatic carbocycles. The van der Waals surface area contributed by atoms with Crippen LogP contribution in [-0.2, 0) is 0 Å². The molecule has 1 unspecified atom stereocenters. The van der Waals surface area contributed by atoms with Gasteiger partial charge in [0, 0.05) is 17.8 Å². The van der Waals surface area contributed by atoms with E-state index in [1.54, 1.807) is 13.3 Å². The Bertz CT molecular complexity index is 324. The van der Waals surface area contributed by atoms with Crippen molar-refractivity contribution in [1.82, 2.24) is 10.3 Å². The highest BCUT2D eigenvalue weighted by Crippen LogP contribution is 2.34. The Kier molecular flexibility index (Phi) is 3.03. The number of methoxy groups -OCH3 is 1. The van der Waals surface area contributed by atoms with Crippen LogP contribution in [0.5, 0.6) is 5.75 Å². The molecule has 4 heteroatoms. The lowest BCUT2D eigenvalue weighted by Crippen LogP contribution is -2.14. The maximum atomic E-state index is 5.33. The molecule has 0 saturated carbocycles. The lowest BCUT2D eigenvalue weighted by Gasteiger charge is -2.15. The molecule has 0 aliphatic carbocycles. The first kappa shape index (κ1) is 9.93. The minimum atomic E-state index is 0.382. The highest BCUT2D eigenvalue weighted by molar-refractivity contribution is 9.10. The molecular weight excluding hydrogens is 244 g/mol. The van der Waals surface area contributed by atoms with Crippen LogP contribution < -0.4 is 10.1 Å². The van der Waals surface area contributed by atoms with Gasteiger partial charge in [-0.15, -0.1) is 0 Å². The van der Waals surface area contributed by atoms with Crippen LogP contribution in [0.25, 0.3) is 0 Å². The lowest BCUT2D eigenvalue weighted by atomic mass is 10.1. The van der Waals surface area contributed by atoms with E-state index in [4.69, 9.17) is 4.74 Å². The summed E-state index contributed by atoms with van der Waals surface area (Å²) in [6.07, 6.45) is 4.12. The van der Waals surface area contributed by atoms with E-state index in [2.05, 4.69) is 26.2 Å². The predicted molar refractivity (Wildman–Crippen MR) is 58.5 cm³/mol. The Morgan fingerprint density at radius 2 is 2.50 bits per heavy atom. The van der Waals surface area contributed by atoms with Gasteiger partial charge in [-0.25, -0.2) is 4.98 Å². The number of ether oxygens (including phenoxy) is 1. The second-order valence-electron chi connectivity index (χ2n) is 3.37. The minimum absolute atomic E-state index is 0.382. The van der Waals surface area contributed by atoms with Gasteiger partial charge in [0.1, 0.15) is 10.4 Å². The van der Waals surface area contributed by atoms with Gasteiger partial charge >= 0.3 is 0 Å². The first-order valence-electron chi connectivity index (χ1n) is 4.74. The normalized spacial score (nSPS) is 21.1. The van der Waals surface area contributed by atoms with Crippen molar-refractivity contribution in [3.63, 3.8) is 0 Å². The van der Waals surface area contributed by atoms with E-state index in [9.17, 15) is 0 Å². The molecule has 2 rings (SSSR count). The predicted octanol–water partition coefficient (Wildman–Crippen LogP) is 2.28. The summed E-state index contributed by atoms with van der Waals surface area (Å²) in [5.74, 6) is 0.909. The van der Waals surface area contributed by atoms with Gasteiger partial charge in [0.2, 0.25) is 0 Å². The lowest BCUT2D eigenvalue weighted by molar-refractivity contribution is 0.401. The maximum absolute atomic E-state index is 5.33. The number of hydrogen-bond acceptors (Lipinski definition) is 3. The third-order valence-corrected chi connectivity index (χ3v) is 3.16. The van der Waals surface area contributed by atoms with Crippen molar-refractivity contribution in [3.8, 4) is 5.75 Å². The number of nitrogens with one attached hydrogen (secondary N) is 1. The van der Waals surface area contributed by atoms with E-state index in [0.29, 0.717) is 6.04 Å². The molecule has 1 N–H and O–H groups in total. The van der Waals surface area contributed by atoms with Crippen LogP contribution in [0.4, 0.5) is 0 Å². The molecule has 1 saturated heterocycles. The van der Waals surface area contributed by atoms with Crippen molar-refractivity contribution in [2.24, 2.45) is 0 Å². The SMILES string of the molecule is COc1ccnc(Br)c1C1CCCN1. The zero-order valence-corrected chi connectivity index (χ0v) is 9.67. The van der Waals surface area contributed by atoms with Gasteiger partial charge in [-0.05, 0) is 41.4 Å². The fourth-order valence-corrected chi connectivity index (χ4v) is 2.45. The van der Waals surface area contributed by atoms with Gasteiger partial charge in [-0.2, -0.15) is 0 Å². The number of pyridine rings is 1. The minimum Gasteiger partial charge on any atom is -0.496 e. The topological polar surface area (TPSA) is 34.1 Å². The first-order valence-corrected chi connectivity index (χ1v) is 5.54. The summed E-state index contributed by atoms with van der Waals surface area (Å²) in [6, 6.07) is 2.29. The summed E-state index contributed by atoms with van der Waals surface area (Å²) in [7, 11) is 1.69. The van der Waals surface area contributed by atoms with Crippen molar-refractivity contribution >= 4 is 15.9 Å². The van der Waals surface area contributed by atoms with Gasteiger partial charge in [0.25, 0.3) is 0 Å². The summed E-state index contributed by atoms with van der Waals surface area (Å²) in [5.41, 5.74) is 1.15. The highest BCUT2D eigenvalue weighted by Gasteiger charge is 2.22. The smallest absolute Gasteiger partial charge is 0.127 e. The van der Waals surface area contributed by atoms with Gasteiger partial charge in [-0.1, -0.05) is 0 Å². The van der Waals surface area contributed by atoms with Crippen LogP contribution in [0.2, 0.25) is 0 Å². The van der Waals surface area contributed by atoms with Gasteiger partial charge < -0.3 is 10.1 Å². The molecule has 76 valence electrons. The molecule has 1 aliphatic rings. The van der Waals surface area contributed by atoms with Gasteiger partial charge in [0.15, 0.2) is 0 Å². The molecule has 0 bridgehead atoms. The second kappa shape index (κ2) is 4.28. The largest absolute Gasteiger partial charge is 0.496 e. The van der Waals surface area contributed by atoms with Crippen molar-refractivity contribution in [1.29, 1.82) is 0 Å². The fourth-order valence-electron chi connectivity index (χ4n) is 1.86. The van der Waals surface area contributed by atoms with E-state index >= 15 is 0 Å². The van der Waals surface area contributed by atoms with Crippen molar-refractivity contribution in [2.75, 3.05) is 13.7 Å². The molecule has 1 atom stereocenters. The van der Waals surface area contributed by atoms with Gasteiger partial charge in [-0.3, -0.25) is 0 Å². The standard InChI is InChI=1S/C10H13BrN2O/c1-14-8-4-6-13-10(11)9(8)7-3-2-5-12-7/h4,6-7,12H,2-3,5H2,1H3. The van der Waals surface area contributed by atoms with Crippen LogP contribution in [0.1, 0.15) is 24.4 Å². The third kappa shape index (κ3) is 1.77. The van der Waals surface area contributed by atoms with E-state index < -0.39 is 0 Å². The zero-order valence-electron chi connectivity index (χ0n) is 8.09. The molecule has 1 fully saturated rings. The summed E-state index contributed by atoms with van der Waals surface area (Å²) >= 11 is 3.47. The number of aromatic nitrogens is 1. The highest BCUT2D eigenvalue weighted by atomic mass is 79.9. The quantitative estimate of drug-likeness (QED) is 0.825. The molecule has 1 aliphatic heterocycles. The molecule has 1 aromatic rings. The van der Waals surface area contributed by atoms with Crippen LogP contribution in [-0.4, -0.2) is 18.6 Å². The van der Waals surface area contributed by atoms with E-state index in [-0.39, 0.29) is 0 Å². The Morgan fingerprint density at radius 3 is 3.14 bits per heavy atom. The van der Waals surface area contributed by atoms with Crippen LogP contribution in [0.15, 0.2) is 16.9 Å². The Hall–Kier alpha value is -0.610. The first-order chi connectivity index (χ1) is 6.83. The molecule has 0 radical (unpaired) electrons. The second-order valence-corrected chi connectivity index (χ2v) is 4.12. The molecular formula is C10H13BrN2O. The summed E-state index contributed by atoms with van der Waals surface area (Å²) < 4.78 is 6.21. The zero-order chi connectivity index (χ0) is 9.97. The average Bonchev–Trinajstić information content (AvgIpc) is 2.70. The van der Waals surface area contributed by atoms with Gasteiger partial charge in [0.05, 0.1) is 7.11 Å². The maximum Gasteiger partial charge on any atom is 0.127 e. The number of halogens is 1. The number of rotatable bonds is 2. The van der Waals surface area contributed by atoms with Crippen LogP contribution in [0, 0.1) is 0 Å². The molecule has 0 spiro atoms. The Labute approximate surface area is 92.0 Å². The Balaban J connectivity index is 2.37. The van der Waals surface area contributed by atoms with Crippen LogP contribution >= 0.6 is 15.9 Å².